The topological polar surface area (TPSA) is 40.7 Å². The highest BCUT2D eigenvalue weighted by Crippen LogP contribution is 2.27. The number of aryl methyl sites for hydroxylation is 1. The molecule has 0 amide bonds. The molecule has 2 atom stereocenters. The minimum absolute atomic E-state index is 0.375. The van der Waals surface area contributed by atoms with E-state index in [-0.39, 0.29) is 0 Å². The predicted molar refractivity (Wildman–Crippen MR) is 78.0 cm³/mol. The summed E-state index contributed by atoms with van der Waals surface area (Å²) >= 11 is 0. The van der Waals surface area contributed by atoms with Crippen LogP contribution in [-0.4, -0.2) is 16.0 Å². The molecule has 100 valence electrons. The lowest BCUT2D eigenvalue weighted by molar-refractivity contribution is 0.332. The van der Waals surface area contributed by atoms with Crippen LogP contribution in [0.4, 0.5) is 0 Å². The van der Waals surface area contributed by atoms with E-state index in [1.165, 1.54) is 24.8 Å². The summed E-state index contributed by atoms with van der Waals surface area (Å²) in [6.07, 6.45) is 3.71. The van der Waals surface area contributed by atoms with Crippen molar-refractivity contribution in [3.63, 3.8) is 0 Å². The van der Waals surface area contributed by atoms with Gasteiger partial charge in [0, 0.05) is 17.3 Å². The van der Waals surface area contributed by atoms with Crippen molar-refractivity contribution in [2.75, 3.05) is 0 Å². The number of hydrogen-bond acceptors (Lipinski definition) is 2. The van der Waals surface area contributed by atoms with Gasteiger partial charge in [0.2, 0.25) is 0 Å². The second-order valence-electron chi connectivity index (χ2n) is 5.51. The molecular weight excluding hydrogens is 234 g/mol. The van der Waals surface area contributed by atoms with Gasteiger partial charge in [0.25, 0.3) is 0 Å². The molecule has 1 aromatic carbocycles. The van der Waals surface area contributed by atoms with E-state index in [9.17, 15) is 0 Å². The number of aromatic amines is 1. The Morgan fingerprint density at radius 2 is 1.95 bits per heavy atom. The van der Waals surface area contributed by atoms with Gasteiger partial charge in [0.05, 0.1) is 11.7 Å². The summed E-state index contributed by atoms with van der Waals surface area (Å²) in [6, 6.07) is 11.3. The predicted octanol–water partition coefficient (Wildman–Crippen LogP) is 3.59. The van der Waals surface area contributed by atoms with Crippen LogP contribution in [0.1, 0.15) is 43.7 Å². The van der Waals surface area contributed by atoms with E-state index in [1.54, 1.807) is 0 Å². The molecule has 0 radical (unpaired) electrons. The normalized spacial score (nSPS) is 23.5. The Hall–Kier alpha value is -1.61. The maximum absolute atomic E-state index is 4.82. The molecule has 2 N–H and O–H groups in total. The van der Waals surface area contributed by atoms with Crippen LogP contribution >= 0.6 is 0 Å². The monoisotopic (exact) mass is 255 g/mol. The fraction of sp³-hybridized carbons (Fsp3) is 0.438. The Morgan fingerprint density at radius 3 is 2.68 bits per heavy atom. The molecule has 0 spiro atoms. The van der Waals surface area contributed by atoms with Crippen molar-refractivity contribution in [1.29, 1.82) is 0 Å². The molecule has 0 bridgehead atoms. The number of aromatic nitrogens is 2. The summed E-state index contributed by atoms with van der Waals surface area (Å²) in [4.78, 5) is 8.28. The first kappa shape index (κ1) is 12.4. The summed E-state index contributed by atoms with van der Waals surface area (Å²) < 4.78 is 0. The highest BCUT2D eigenvalue weighted by molar-refractivity contribution is 5.61. The largest absolute Gasteiger partial charge is 0.344 e. The van der Waals surface area contributed by atoms with Gasteiger partial charge in [-0.1, -0.05) is 30.3 Å². The fourth-order valence-electron chi connectivity index (χ4n) is 2.88. The van der Waals surface area contributed by atoms with Crippen LogP contribution in [0.5, 0.6) is 0 Å². The maximum atomic E-state index is 4.82. The minimum atomic E-state index is 0.375. The molecule has 1 aliphatic heterocycles. The first-order valence-corrected chi connectivity index (χ1v) is 7.12. The third-order valence-corrected chi connectivity index (χ3v) is 3.90. The Labute approximate surface area is 114 Å². The average Bonchev–Trinajstić information content (AvgIpc) is 2.82. The number of hydrogen-bond donors (Lipinski definition) is 2. The van der Waals surface area contributed by atoms with Crippen molar-refractivity contribution in [1.82, 2.24) is 15.3 Å². The van der Waals surface area contributed by atoms with E-state index in [0.717, 1.165) is 17.2 Å². The zero-order chi connectivity index (χ0) is 13.2. The van der Waals surface area contributed by atoms with Gasteiger partial charge >= 0.3 is 0 Å². The summed E-state index contributed by atoms with van der Waals surface area (Å²) in [5.74, 6) is 1.09. The quantitative estimate of drug-likeness (QED) is 0.861. The molecule has 1 fully saturated rings. The summed E-state index contributed by atoms with van der Waals surface area (Å²) in [5.41, 5.74) is 3.42. The summed E-state index contributed by atoms with van der Waals surface area (Å²) in [6.45, 7) is 4.35. The zero-order valence-electron chi connectivity index (χ0n) is 11.6. The number of piperidine rings is 1. The molecule has 0 aliphatic carbocycles. The molecule has 19 heavy (non-hydrogen) atoms. The van der Waals surface area contributed by atoms with Crippen LogP contribution in [0.15, 0.2) is 30.3 Å². The van der Waals surface area contributed by atoms with E-state index in [4.69, 9.17) is 4.98 Å². The Kier molecular flexibility index (Phi) is 3.38. The Bertz CT molecular complexity index is 544. The lowest BCUT2D eigenvalue weighted by atomic mass is 9.99. The number of imidazole rings is 1. The number of benzene rings is 1. The third-order valence-electron chi connectivity index (χ3n) is 3.90. The number of nitrogens with zero attached hydrogens (tertiary/aromatic N) is 1. The van der Waals surface area contributed by atoms with Gasteiger partial charge in [-0.2, -0.15) is 0 Å². The van der Waals surface area contributed by atoms with Gasteiger partial charge < -0.3 is 10.3 Å². The number of nitrogens with one attached hydrogen (secondary N) is 2. The van der Waals surface area contributed by atoms with Crippen LogP contribution in [0.3, 0.4) is 0 Å². The molecular formula is C16H21N3. The van der Waals surface area contributed by atoms with Crippen molar-refractivity contribution < 1.29 is 0 Å². The molecule has 1 saturated heterocycles. The second-order valence-corrected chi connectivity index (χ2v) is 5.51. The van der Waals surface area contributed by atoms with Crippen molar-refractivity contribution in [3.05, 3.63) is 41.9 Å². The number of H-pyrrole nitrogens is 1. The third kappa shape index (κ3) is 2.56. The van der Waals surface area contributed by atoms with Gasteiger partial charge in [0.15, 0.2) is 0 Å². The van der Waals surface area contributed by atoms with Gasteiger partial charge in [-0.05, 0) is 33.1 Å². The molecule has 3 rings (SSSR count). The van der Waals surface area contributed by atoms with E-state index < -0.39 is 0 Å². The van der Waals surface area contributed by atoms with Crippen LogP contribution in [0, 0.1) is 6.92 Å². The van der Waals surface area contributed by atoms with Gasteiger partial charge in [-0.25, -0.2) is 4.98 Å². The highest BCUT2D eigenvalue weighted by atomic mass is 15.1. The zero-order valence-corrected chi connectivity index (χ0v) is 11.6. The second kappa shape index (κ2) is 5.17. The standard InChI is InChI=1S/C16H21N3/c1-11-7-6-10-14(17-11)16-18-12(2)15(19-16)13-8-4-3-5-9-13/h3-5,8-9,11,14,17H,6-7,10H2,1-2H3,(H,18,19). The molecule has 2 unspecified atom stereocenters. The van der Waals surface area contributed by atoms with Crippen molar-refractivity contribution in [2.24, 2.45) is 0 Å². The molecule has 1 aromatic heterocycles. The van der Waals surface area contributed by atoms with Crippen LogP contribution in [0.2, 0.25) is 0 Å². The fourth-order valence-corrected chi connectivity index (χ4v) is 2.88. The van der Waals surface area contributed by atoms with Crippen LogP contribution in [-0.2, 0) is 0 Å². The van der Waals surface area contributed by atoms with Gasteiger partial charge in [-0.3, -0.25) is 0 Å². The van der Waals surface area contributed by atoms with E-state index in [0.29, 0.717) is 12.1 Å². The smallest absolute Gasteiger partial charge is 0.124 e. The lowest BCUT2D eigenvalue weighted by Gasteiger charge is -2.27. The molecule has 0 saturated carbocycles. The molecule has 2 heterocycles. The minimum Gasteiger partial charge on any atom is -0.344 e. The van der Waals surface area contributed by atoms with Crippen molar-refractivity contribution in [2.45, 2.75) is 45.2 Å². The van der Waals surface area contributed by atoms with Crippen LogP contribution < -0.4 is 5.32 Å². The molecule has 3 heteroatoms. The van der Waals surface area contributed by atoms with E-state index >= 15 is 0 Å². The molecule has 3 nitrogen and oxygen atoms in total. The Balaban J connectivity index is 1.89. The van der Waals surface area contributed by atoms with Gasteiger partial charge in [0.1, 0.15) is 5.82 Å². The molecule has 2 aromatic rings. The summed E-state index contributed by atoms with van der Waals surface area (Å²) in [7, 11) is 0. The van der Waals surface area contributed by atoms with Crippen molar-refractivity contribution >= 4 is 0 Å². The first-order chi connectivity index (χ1) is 9.24. The first-order valence-electron chi connectivity index (χ1n) is 7.12. The van der Waals surface area contributed by atoms with Gasteiger partial charge in [-0.15, -0.1) is 0 Å². The van der Waals surface area contributed by atoms with Crippen molar-refractivity contribution in [3.8, 4) is 11.3 Å². The maximum Gasteiger partial charge on any atom is 0.124 e. The Morgan fingerprint density at radius 1 is 1.16 bits per heavy atom. The average molecular weight is 255 g/mol. The van der Waals surface area contributed by atoms with E-state index in [1.807, 2.05) is 6.07 Å². The lowest BCUT2D eigenvalue weighted by Crippen LogP contribution is -2.35. The SMILES string of the molecule is Cc1[nH]c(C2CCCC(C)N2)nc1-c1ccccc1. The van der Waals surface area contributed by atoms with E-state index in [2.05, 4.69) is 48.4 Å². The van der Waals surface area contributed by atoms with Crippen LogP contribution in [0.25, 0.3) is 11.3 Å². The highest BCUT2D eigenvalue weighted by Gasteiger charge is 2.22. The molecule has 1 aliphatic rings. The summed E-state index contributed by atoms with van der Waals surface area (Å²) in [5, 5.41) is 3.63. The number of rotatable bonds is 2.